The molecule has 0 saturated heterocycles. The quantitative estimate of drug-likeness (QED) is 0.883. The zero-order valence-electron chi connectivity index (χ0n) is 11.2. The third kappa shape index (κ3) is 4.06. The molecule has 1 unspecified atom stereocenters. The fourth-order valence-electron chi connectivity index (χ4n) is 1.62. The van der Waals surface area contributed by atoms with Gasteiger partial charge < -0.3 is 5.73 Å². The molecule has 20 heavy (non-hydrogen) atoms. The zero-order chi connectivity index (χ0) is 15.5. The van der Waals surface area contributed by atoms with Gasteiger partial charge in [-0.15, -0.1) is 4.36 Å². The normalized spacial score (nSPS) is 15.8. The lowest BCUT2D eigenvalue weighted by atomic mass is 10.0. The maximum Gasteiger partial charge on any atom is 0.271 e. The molecule has 1 aromatic carbocycles. The summed E-state index contributed by atoms with van der Waals surface area (Å²) in [6.07, 6.45) is 0.303. The molecule has 0 saturated carbocycles. The zero-order valence-corrected chi connectivity index (χ0v) is 12.0. The number of halogens is 2. The van der Waals surface area contributed by atoms with Gasteiger partial charge in [0.2, 0.25) is 0 Å². The van der Waals surface area contributed by atoms with Crippen LogP contribution in [0.3, 0.4) is 0 Å². The largest absolute Gasteiger partial charge is 0.320 e. The average Bonchev–Trinajstić information content (AvgIpc) is 2.26. The second kappa shape index (κ2) is 6.38. The van der Waals surface area contributed by atoms with Gasteiger partial charge in [0, 0.05) is 0 Å². The first kappa shape index (κ1) is 16.7. The summed E-state index contributed by atoms with van der Waals surface area (Å²) in [5.74, 6) is -3.06. The smallest absolute Gasteiger partial charge is 0.271 e. The Hall–Kier alpha value is -1.38. The Bertz CT molecular complexity index is 605. The highest BCUT2D eigenvalue weighted by Gasteiger charge is 2.22. The molecule has 4 N–H and O–H groups in total. The molecule has 1 aromatic rings. The summed E-state index contributed by atoms with van der Waals surface area (Å²) >= 11 is 0. The van der Waals surface area contributed by atoms with Crippen molar-refractivity contribution < 1.29 is 17.8 Å². The predicted octanol–water partition coefficient (Wildman–Crippen LogP) is 1.57. The third-order valence-corrected chi connectivity index (χ3v) is 3.91. The van der Waals surface area contributed by atoms with Crippen molar-refractivity contribution in [2.45, 2.75) is 31.2 Å². The van der Waals surface area contributed by atoms with E-state index in [2.05, 4.69) is 4.36 Å². The number of hydrogen-bond acceptors (Lipinski definition) is 3. The highest BCUT2D eigenvalue weighted by molar-refractivity contribution is 7.91. The van der Waals surface area contributed by atoms with Gasteiger partial charge in [-0.05, 0) is 24.5 Å². The summed E-state index contributed by atoms with van der Waals surface area (Å²) in [5, 5.41) is 5.31. The second-order valence-corrected chi connectivity index (χ2v) is 6.51. The van der Waals surface area contributed by atoms with E-state index in [0.29, 0.717) is 6.42 Å². The number of carbonyl (C=O) groups excluding carboxylic acids is 1. The summed E-state index contributed by atoms with van der Waals surface area (Å²) in [5.41, 5.74) is 5.57. The molecule has 1 amide bonds. The molecule has 0 spiro atoms. The first-order chi connectivity index (χ1) is 9.15. The van der Waals surface area contributed by atoms with Crippen LogP contribution < -0.4 is 10.9 Å². The first-order valence-electron chi connectivity index (χ1n) is 5.93. The topological polar surface area (TPSA) is 98.5 Å². The molecule has 0 heterocycles. The van der Waals surface area contributed by atoms with Gasteiger partial charge in [0.1, 0.15) is 26.4 Å². The fourth-order valence-corrected chi connectivity index (χ4v) is 2.81. The Morgan fingerprint density at radius 3 is 2.30 bits per heavy atom. The first-order valence-corrected chi connectivity index (χ1v) is 7.51. The molecule has 0 bridgehead atoms. The highest BCUT2D eigenvalue weighted by atomic mass is 32.2. The molecule has 8 heteroatoms. The van der Waals surface area contributed by atoms with E-state index in [1.54, 1.807) is 0 Å². The van der Waals surface area contributed by atoms with E-state index in [1.807, 2.05) is 13.8 Å². The van der Waals surface area contributed by atoms with E-state index >= 15 is 0 Å². The molecule has 0 aliphatic carbocycles. The number of hydrogen-bond donors (Lipinski definition) is 2. The lowest BCUT2D eigenvalue weighted by Gasteiger charge is -2.11. The van der Waals surface area contributed by atoms with Crippen LogP contribution in [0.2, 0.25) is 0 Å². The van der Waals surface area contributed by atoms with Crippen molar-refractivity contribution in [3.63, 3.8) is 0 Å². The van der Waals surface area contributed by atoms with Crippen molar-refractivity contribution in [3.8, 4) is 0 Å². The van der Waals surface area contributed by atoms with Gasteiger partial charge in [0.05, 0.1) is 6.04 Å². The molecule has 5 nitrogen and oxygen atoms in total. The van der Waals surface area contributed by atoms with Crippen LogP contribution in [-0.2, 0) is 14.7 Å². The average molecular weight is 305 g/mol. The third-order valence-electron chi connectivity index (χ3n) is 2.48. The van der Waals surface area contributed by atoms with Crippen LogP contribution >= 0.6 is 0 Å². The summed E-state index contributed by atoms with van der Waals surface area (Å²) in [7, 11) is -4.01. The van der Waals surface area contributed by atoms with Crippen LogP contribution in [0, 0.1) is 17.6 Å². The Morgan fingerprint density at radius 2 is 1.85 bits per heavy atom. The van der Waals surface area contributed by atoms with E-state index in [1.165, 1.54) is 0 Å². The van der Waals surface area contributed by atoms with Crippen LogP contribution in [0.4, 0.5) is 8.78 Å². The Labute approximate surface area is 116 Å². The van der Waals surface area contributed by atoms with Gasteiger partial charge in [0.15, 0.2) is 0 Å². The van der Waals surface area contributed by atoms with Crippen molar-refractivity contribution in [3.05, 3.63) is 29.8 Å². The van der Waals surface area contributed by atoms with Crippen molar-refractivity contribution in [2.24, 2.45) is 21.2 Å². The predicted molar refractivity (Wildman–Crippen MR) is 71.8 cm³/mol. The molecule has 1 rings (SSSR count). The van der Waals surface area contributed by atoms with Gasteiger partial charge in [-0.3, -0.25) is 4.79 Å². The molecular formula is C12H17F2N3O2S. The summed E-state index contributed by atoms with van der Waals surface area (Å²) < 4.78 is 42.3. The Balaban J connectivity index is 3.19. The standard InChI is InChI=1S/C12H17F2N3O2S/c1-7(2)6-10(15)12(18)17-20(16,19)11-8(13)4-3-5-9(11)14/h3-5,7,10H,6,15H2,1-2H3,(H2,16,17,18,19)/t10-,20?/m0/s1. The number of benzene rings is 1. The van der Waals surface area contributed by atoms with E-state index in [9.17, 15) is 17.8 Å². The molecule has 0 aromatic heterocycles. The number of amides is 1. The number of nitrogens with two attached hydrogens (primary N) is 2. The van der Waals surface area contributed by atoms with Crippen LogP contribution in [0.1, 0.15) is 20.3 Å². The van der Waals surface area contributed by atoms with E-state index < -0.39 is 38.4 Å². The van der Waals surface area contributed by atoms with Crippen LogP contribution in [-0.4, -0.2) is 16.2 Å². The second-order valence-electron chi connectivity index (χ2n) is 4.78. The molecule has 0 aliphatic heterocycles. The molecule has 2 atom stereocenters. The maximum absolute atomic E-state index is 13.5. The van der Waals surface area contributed by atoms with Gasteiger partial charge in [0.25, 0.3) is 5.91 Å². The maximum atomic E-state index is 13.5. The summed E-state index contributed by atoms with van der Waals surface area (Å²) in [4.78, 5) is 10.8. The van der Waals surface area contributed by atoms with Crippen molar-refractivity contribution >= 4 is 15.8 Å². The van der Waals surface area contributed by atoms with Crippen molar-refractivity contribution in [1.29, 1.82) is 0 Å². The lowest BCUT2D eigenvalue weighted by Crippen LogP contribution is -2.32. The number of nitrogens with zero attached hydrogens (tertiary/aromatic N) is 1. The van der Waals surface area contributed by atoms with Crippen molar-refractivity contribution in [1.82, 2.24) is 0 Å². The van der Waals surface area contributed by atoms with Crippen LogP contribution in [0.25, 0.3) is 0 Å². The van der Waals surface area contributed by atoms with Crippen LogP contribution in [0.15, 0.2) is 27.5 Å². The van der Waals surface area contributed by atoms with Crippen molar-refractivity contribution in [2.75, 3.05) is 0 Å². The molecule has 0 aliphatic rings. The van der Waals surface area contributed by atoms with E-state index in [4.69, 9.17) is 10.9 Å². The fraction of sp³-hybridized carbons (Fsp3) is 0.417. The van der Waals surface area contributed by atoms with E-state index in [-0.39, 0.29) is 5.92 Å². The van der Waals surface area contributed by atoms with Gasteiger partial charge in [-0.1, -0.05) is 19.9 Å². The van der Waals surface area contributed by atoms with Gasteiger partial charge in [-0.2, -0.15) is 0 Å². The molecule has 112 valence electrons. The summed E-state index contributed by atoms with van der Waals surface area (Å²) in [6, 6.07) is 1.86. The minimum absolute atomic E-state index is 0.114. The van der Waals surface area contributed by atoms with Gasteiger partial charge >= 0.3 is 0 Å². The molecule has 0 radical (unpaired) electrons. The number of carbonyl (C=O) groups is 1. The van der Waals surface area contributed by atoms with Crippen LogP contribution in [0.5, 0.6) is 0 Å². The molecular weight excluding hydrogens is 288 g/mol. The Morgan fingerprint density at radius 1 is 1.35 bits per heavy atom. The minimum atomic E-state index is -4.01. The minimum Gasteiger partial charge on any atom is -0.320 e. The van der Waals surface area contributed by atoms with E-state index in [0.717, 1.165) is 18.2 Å². The highest BCUT2D eigenvalue weighted by Crippen LogP contribution is 2.18. The number of rotatable bonds is 4. The summed E-state index contributed by atoms with van der Waals surface area (Å²) in [6.45, 7) is 3.67. The Kier molecular flexibility index (Phi) is 5.32. The SMILES string of the molecule is CC(C)C[C@H](N)C(=O)N=S(N)(=O)c1c(F)cccc1F. The lowest BCUT2D eigenvalue weighted by molar-refractivity contribution is -0.119. The van der Waals surface area contributed by atoms with Gasteiger partial charge in [-0.25, -0.2) is 18.1 Å². The monoisotopic (exact) mass is 305 g/mol. The molecule has 0 fully saturated rings.